The quantitative estimate of drug-likeness (QED) is 0.0208. The van der Waals surface area contributed by atoms with Gasteiger partial charge in [-0.15, -0.1) is 0 Å². The smallest absolute Gasteiger partial charge is 0.433 e. The van der Waals surface area contributed by atoms with Gasteiger partial charge in [-0.05, 0) is 38.2 Å². The minimum absolute atomic E-state index is 0.0213. The summed E-state index contributed by atoms with van der Waals surface area (Å²) in [5, 5.41) is 40.3. The largest absolute Gasteiger partial charge is 0.460 e. The first-order chi connectivity index (χ1) is 38.1. The van der Waals surface area contributed by atoms with E-state index in [1.807, 2.05) is 0 Å². The number of esters is 1. The molecule has 0 aromatic carbocycles. The average molecular weight is 1340 g/mol. The minimum Gasteiger partial charge on any atom is -0.433 e. The van der Waals surface area contributed by atoms with E-state index in [0.29, 0.717) is 6.26 Å². The minimum atomic E-state index is -8.80. The van der Waals surface area contributed by atoms with Gasteiger partial charge >= 0.3 is 101 Å². The zero-order valence-corrected chi connectivity index (χ0v) is 42.3. The Bertz CT molecular complexity index is 2170. The van der Waals surface area contributed by atoms with E-state index in [1.165, 1.54) is 0 Å². The molecule has 85 heavy (non-hydrogen) atoms. The zero-order chi connectivity index (χ0) is 68.6. The van der Waals surface area contributed by atoms with Crippen molar-refractivity contribution < 1.29 is 185 Å². The molecule has 0 fully saturated rings. The number of rotatable bonds is 40. The van der Waals surface area contributed by atoms with Crippen LogP contribution in [0.2, 0.25) is 0 Å². The van der Waals surface area contributed by atoms with Gasteiger partial charge in [-0.1, -0.05) is 77.0 Å². The summed E-state index contributed by atoms with van der Waals surface area (Å²) in [5.74, 6) is -118. The highest BCUT2D eigenvalue weighted by atomic mass is 19.4. The van der Waals surface area contributed by atoms with E-state index in [2.05, 4.69) is 4.74 Å². The van der Waals surface area contributed by atoms with Gasteiger partial charge in [-0.3, -0.25) is 4.79 Å². The van der Waals surface area contributed by atoms with E-state index in [9.17, 15) is 179 Å². The Balaban J connectivity index is 4.84. The molecule has 0 aliphatic rings. The van der Waals surface area contributed by atoms with Crippen molar-refractivity contribution in [3.63, 3.8) is 0 Å². The molecule has 506 valence electrons. The number of carbonyl (C=O) groups is 2. The molecule has 0 radical (unpaired) electrons. The monoisotopic (exact) mass is 1340 g/mol. The number of aliphatic hydroxyl groups excluding tert-OH is 4. The highest BCUT2D eigenvalue weighted by Gasteiger charge is 2.97. The molecular formula is C44H50F34O7. The summed E-state index contributed by atoms with van der Waals surface area (Å²) in [7, 11) is 0. The summed E-state index contributed by atoms with van der Waals surface area (Å²) in [6.45, 7) is 0. The third-order valence-corrected chi connectivity index (χ3v) is 12.5. The fourth-order valence-electron chi connectivity index (χ4n) is 7.04. The second-order valence-corrected chi connectivity index (χ2v) is 18.9. The van der Waals surface area contributed by atoms with Gasteiger partial charge in [0, 0.05) is 20.6 Å². The highest BCUT2D eigenvalue weighted by molar-refractivity contribution is 5.83. The molecule has 7 nitrogen and oxygen atoms in total. The normalized spacial score (nSPS) is 17.2. The van der Waals surface area contributed by atoms with Gasteiger partial charge in [-0.25, -0.2) is 4.79 Å². The van der Waals surface area contributed by atoms with Gasteiger partial charge in [0.2, 0.25) is 0 Å². The average Bonchev–Trinajstić information content (AvgIpc) is 0.715. The van der Waals surface area contributed by atoms with Crippen LogP contribution in [0, 0.1) is 0 Å². The van der Waals surface area contributed by atoms with Crippen molar-refractivity contribution in [3.05, 3.63) is 12.3 Å². The van der Waals surface area contributed by atoms with Crippen molar-refractivity contribution in [2.75, 3.05) is 0 Å². The van der Waals surface area contributed by atoms with Gasteiger partial charge < -0.3 is 25.2 Å². The van der Waals surface area contributed by atoms with E-state index < -0.39 is 176 Å². The van der Waals surface area contributed by atoms with Crippen LogP contribution in [0.1, 0.15) is 130 Å². The van der Waals surface area contributed by atoms with Crippen molar-refractivity contribution in [2.24, 2.45) is 0 Å². The number of Topliss-reactive ketones (excluding diaryl/α,β-unsaturated/α-hetero) is 1. The Hall–Kier alpha value is -3.66. The van der Waals surface area contributed by atoms with Crippen LogP contribution < -0.4 is 0 Å². The molecule has 4 N–H and O–H groups in total. The van der Waals surface area contributed by atoms with Crippen LogP contribution in [0.15, 0.2) is 12.3 Å². The molecule has 0 aromatic rings. The van der Waals surface area contributed by atoms with Gasteiger partial charge in [0.15, 0.2) is 11.9 Å². The van der Waals surface area contributed by atoms with Crippen LogP contribution in [0.25, 0.3) is 0 Å². The Morgan fingerprint density at radius 3 is 0.965 bits per heavy atom. The lowest BCUT2D eigenvalue weighted by molar-refractivity contribution is -0.461. The van der Waals surface area contributed by atoms with Gasteiger partial charge in [0.1, 0.15) is 18.3 Å². The number of ketones is 1. The topological polar surface area (TPSA) is 124 Å². The molecule has 0 spiro atoms. The number of allylic oxidation sites excluding steroid dienone is 1. The van der Waals surface area contributed by atoms with E-state index in [4.69, 9.17) is 1.37 Å². The number of alkyl halides is 34. The predicted molar refractivity (Wildman–Crippen MR) is 218 cm³/mol. The molecule has 0 saturated heterocycles. The van der Waals surface area contributed by atoms with Gasteiger partial charge in [-0.2, -0.15) is 149 Å². The van der Waals surface area contributed by atoms with Crippen molar-refractivity contribution in [2.45, 2.75) is 248 Å². The number of aliphatic hydroxyl groups is 4. The van der Waals surface area contributed by atoms with E-state index >= 15 is 0 Å². The van der Waals surface area contributed by atoms with Crippen LogP contribution in [0.4, 0.5) is 149 Å². The fourth-order valence-corrected chi connectivity index (χ4v) is 7.04. The zero-order valence-electron chi connectivity index (χ0n) is 43.3. The number of hydrogen-bond donors (Lipinski definition) is 4. The maximum absolute atomic E-state index is 14.3. The van der Waals surface area contributed by atoms with Crippen molar-refractivity contribution in [3.8, 4) is 0 Å². The van der Waals surface area contributed by atoms with Gasteiger partial charge in [0.05, 0.1) is 6.26 Å². The van der Waals surface area contributed by atoms with Crippen LogP contribution in [-0.4, -0.2) is 152 Å². The molecule has 0 bridgehead atoms. The van der Waals surface area contributed by atoms with E-state index in [1.54, 1.807) is 0 Å². The lowest BCUT2D eigenvalue weighted by Crippen LogP contribution is -2.74. The first-order valence-electron chi connectivity index (χ1n) is 24.6. The summed E-state index contributed by atoms with van der Waals surface area (Å²) < 4.78 is 469. The lowest BCUT2D eigenvalue weighted by Gasteiger charge is -2.42. The maximum atomic E-state index is 14.3. The third-order valence-electron chi connectivity index (χ3n) is 12.5. The van der Waals surface area contributed by atoms with Crippen LogP contribution >= 0.6 is 0 Å². The molecular weight excluding hydrogens is 1290 g/mol. The molecule has 41 heteroatoms. The molecule has 5 atom stereocenters. The molecule has 0 heterocycles. The standard InChI is InChI=1S/C44H50F34O7/c45-29(46,31(49,50)33(53,54)35(57,58)37(61,62)39(65,66)41(69,70)43(73,74)75)20-16-12-8-4-1-3-7-11-15-19-23(79)24(80)25(81)26(82)27(83)28(84)85-22-18-14-10-6-2-5-9-13-17-21-30(47,48)32(51,52)34(55,56)36(59,60)38(63,64)40(67,68)42(71,72)44(76,77)78/h18,22,24-27,80-83H,1-17,19-21H2/t24-,25+,26+,27-/m0/s1/i20D/t20?,24-,25+,26+,27-. The SMILES string of the molecule is [2H]C(CCCCCCCCCCC(=O)[C@H](O)[C@@H](O)[C@@H](O)[C@H](O)C(=O)OC=CCCCCCCCCCC(F)(F)C(F)(F)C(F)(F)C(F)(F)C(F)(F)C(F)(F)C(F)(F)C(F)(F)F)C(F)(F)C(F)(F)C(F)(F)C(F)(F)C(F)(F)C(F)(F)C(F)(F)C(F)(F)F. The first kappa shape index (κ1) is 79.4. The molecule has 0 aliphatic carbocycles. The number of hydrogen-bond acceptors (Lipinski definition) is 7. The fraction of sp³-hybridized carbons (Fsp3) is 0.909. The number of ether oxygens (including phenoxy) is 1. The van der Waals surface area contributed by atoms with E-state index in [-0.39, 0.29) is 83.5 Å². The summed E-state index contributed by atoms with van der Waals surface area (Å²) in [6.07, 6.45) is -35.0. The predicted octanol–water partition coefficient (Wildman–Crippen LogP) is 15.9. The van der Waals surface area contributed by atoms with Crippen molar-refractivity contribution in [1.82, 2.24) is 0 Å². The number of carbonyl (C=O) groups excluding carboxylic acids is 2. The van der Waals surface area contributed by atoms with Crippen molar-refractivity contribution in [1.29, 1.82) is 0 Å². The third kappa shape index (κ3) is 16.4. The number of halogens is 34. The Labute approximate surface area is 457 Å². The Morgan fingerprint density at radius 2 is 0.612 bits per heavy atom. The highest BCUT2D eigenvalue weighted by Crippen LogP contribution is 2.66. The van der Waals surface area contributed by atoms with Gasteiger partial charge in [0.25, 0.3) is 0 Å². The Kier molecular flexibility index (Phi) is 26.6. The molecule has 0 aliphatic heterocycles. The maximum Gasteiger partial charge on any atom is 0.460 e. The molecule has 0 rings (SSSR count). The summed E-state index contributed by atoms with van der Waals surface area (Å²) >= 11 is 0. The Morgan fingerprint density at radius 1 is 0.341 bits per heavy atom. The molecule has 0 saturated carbocycles. The second-order valence-electron chi connectivity index (χ2n) is 18.9. The molecule has 1 unspecified atom stereocenters. The summed E-state index contributed by atoms with van der Waals surface area (Å²) in [5.41, 5.74) is 0. The second kappa shape index (κ2) is 28.4. The molecule has 0 aromatic heterocycles. The lowest BCUT2D eigenvalue weighted by atomic mass is 9.87. The first-order valence-corrected chi connectivity index (χ1v) is 24.0. The van der Waals surface area contributed by atoms with Crippen LogP contribution in [0.3, 0.4) is 0 Å². The summed E-state index contributed by atoms with van der Waals surface area (Å²) in [6, 6.07) is 0. The summed E-state index contributed by atoms with van der Waals surface area (Å²) in [4.78, 5) is 24.4. The van der Waals surface area contributed by atoms with Crippen molar-refractivity contribution >= 4 is 11.8 Å². The molecule has 0 amide bonds. The van der Waals surface area contributed by atoms with Crippen LogP contribution in [-0.2, 0) is 14.3 Å². The number of unbranched alkanes of at least 4 members (excludes halogenated alkanes) is 14. The van der Waals surface area contributed by atoms with E-state index in [0.717, 1.165) is 6.08 Å². The van der Waals surface area contributed by atoms with Crippen LogP contribution in [0.5, 0.6) is 0 Å².